The fourth-order valence-electron chi connectivity index (χ4n) is 2.97. The molecule has 0 aromatic carbocycles. The predicted molar refractivity (Wildman–Crippen MR) is 99.8 cm³/mol. The highest BCUT2D eigenvalue weighted by atomic mass is 16.5. The molecule has 0 bridgehead atoms. The van der Waals surface area contributed by atoms with E-state index in [2.05, 4.69) is 13.0 Å². The van der Waals surface area contributed by atoms with Crippen LogP contribution in [0.5, 0.6) is 0 Å². The summed E-state index contributed by atoms with van der Waals surface area (Å²) in [5, 5.41) is 38.7. The Morgan fingerprint density at radius 3 is 2.69 bits per heavy atom. The zero-order valence-corrected chi connectivity index (χ0v) is 15.7. The van der Waals surface area contributed by atoms with Crippen LogP contribution in [0.1, 0.15) is 64.7 Å². The first-order valence-corrected chi connectivity index (χ1v) is 9.68. The lowest BCUT2D eigenvalue weighted by atomic mass is 10.0. The van der Waals surface area contributed by atoms with Gasteiger partial charge in [0, 0.05) is 12.8 Å². The third kappa shape index (κ3) is 9.48. The molecular weight excluding hydrogens is 336 g/mol. The van der Waals surface area contributed by atoms with Gasteiger partial charge >= 0.3 is 5.97 Å². The molecule has 0 saturated carbocycles. The molecule has 0 aromatic rings. The van der Waals surface area contributed by atoms with Gasteiger partial charge in [-0.3, -0.25) is 4.79 Å². The number of aliphatic hydroxyl groups is 3. The standard InChI is InChI=1S/C20H34O6/c1-2-3-4-5-6-7-9-15(21)12-13-18-17(23)14-19(26-18)16(22)10-8-11-20(24)25/h6-7,12-13,15-19,21-23H,2-5,8-11,14H2,1H3,(H,24,25)/b7-6-,13-12+/t15-,16+,17-,18+,19+/m0/s1. The Morgan fingerprint density at radius 2 is 2.00 bits per heavy atom. The van der Waals surface area contributed by atoms with Gasteiger partial charge in [-0.25, -0.2) is 0 Å². The molecule has 0 unspecified atom stereocenters. The Hall–Kier alpha value is -1.21. The molecule has 1 heterocycles. The maximum atomic E-state index is 10.5. The van der Waals surface area contributed by atoms with E-state index in [0.29, 0.717) is 25.7 Å². The molecule has 1 aliphatic heterocycles. The summed E-state index contributed by atoms with van der Waals surface area (Å²) in [6.45, 7) is 2.16. The maximum absolute atomic E-state index is 10.5. The highest BCUT2D eigenvalue weighted by Crippen LogP contribution is 2.26. The predicted octanol–water partition coefficient (Wildman–Crippen LogP) is 2.56. The number of carbonyl (C=O) groups is 1. The van der Waals surface area contributed by atoms with Crippen LogP contribution in [-0.4, -0.2) is 56.9 Å². The number of ether oxygens (including phenoxy) is 1. The number of hydrogen-bond donors (Lipinski definition) is 4. The number of hydrogen-bond acceptors (Lipinski definition) is 5. The zero-order valence-electron chi connectivity index (χ0n) is 15.7. The molecule has 0 radical (unpaired) electrons. The number of carboxylic acids is 1. The Morgan fingerprint density at radius 1 is 1.23 bits per heavy atom. The number of unbranched alkanes of at least 4 members (excludes halogenated alkanes) is 3. The topological polar surface area (TPSA) is 107 Å². The Labute approximate surface area is 156 Å². The smallest absolute Gasteiger partial charge is 0.303 e. The van der Waals surface area contributed by atoms with Gasteiger partial charge in [-0.15, -0.1) is 0 Å². The van der Waals surface area contributed by atoms with E-state index >= 15 is 0 Å². The molecule has 1 rings (SSSR count). The highest BCUT2D eigenvalue weighted by molar-refractivity contribution is 5.66. The summed E-state index contributed by atoms with van der Waals surface area (Å²) in [4.78, 5) is 10.5. The summed E-state index contributed by atoms with van der Waals surface area (Å²) in [6, 6.07) is 0. The van der Waals surface area contributed by atoms with E-state index in [9.17, 15) is 20.1 Å². The fourth-order valence-corrected chi connectivity index (χ4v) is 2.97. The Bertz CT molecular complexity index is 448. The molecule has 6 heteroatoms. The minimum absolute atomic E-state index is 0.00776. The van der Waals surface area contributed by atoms with E-state index in [1.54, 1.807) is 12.2 Å². The van der Waals surface area contributed by atoms with Gasteiger partial charge in [-0.1, -0.05) is 44.1 Å². The molecule has 1 fully saturated rings. The lowest BCUT2D eigenvalue weighted by molar-refractivity contribution is -0.137. The van der Waals surface area contributed by atoms with Crippen LogP contribution in [0.25, 0.3) is 0 Å². The van der Waals surface area contributed by atoms with Crippen molar-refractivity contribution in [1.29, 1.82) is 0 Å². The van der Waals surface area contributed by atoms with Crippen LogP contribution in [-0.2, 0) is 9.53 Å². The van der Waals surface area contributed by atoms with Crippen LogP contribution in [0.2, 0.25) is 0 Å². The molecular formula is C20H34O6. The maximum Gasteiger partial charge on any atom is 0.303 e. The van der Waals surface area contributed by atoms with Crippen LogP contribution in [0.3, 0.4) is 0 Å². The first-order valence-electron chi connectivity index (χ1n) is 9.68. The molecule has 4 N–H and O–H groups in total. The average Bonchev–Trinajstić information content (AvgIpc) is 2.96. The second-order valence-electron chi connectivity index (χ2n) is 6.95. The summed E-state index contributed by atoms with van der Waals surface area (Å²) in [7, 11) is 0. The Balaban J connectivity index is 2.31. The minimum Gasteiger partial charge on any atom is -0.481 e. The molecule has 0 spiro atoms. The molecule has 6 nitrogen and oxygen atoms in total. The van der Waals surface area contributed by atoms with E-state index in [4.69, 9.17) is 9.84 Å². The van der Waals surface area contributed by atoms with Gasteiger partial charge in [0.25, 0.3) is 0 Å². The third-order valence-electron chi connectivity index (χ3n) is 4.55. The highest BCUT2D eigenvalue weighted by Gasteiger charge is 2.36. The van der Waals surface area contributed by atoms with Crippen molar-refractivity contribution < 1.29 is 30.0 Å². The summed E-state index contributed by atoms with van der Waals surface area (Å²) in [6.07, 6.45) is 10.2. The van der Waals surface area contributed by atoms with E-state index < -0.39 is 36.5 Å². The van der Waals surface area contributed by atoms with Crippen LogP contribution in [0.4, 0.5) is 0 Å². The Kier molecular flexibility index (Phi) is 11.4. The van der Waals surface area contributed by atoms with Crippen molar-refractivity contribution in [2.24, 2.45) is 0 Å². The van der Waals surface area contributed by atoms with Gasteiger partial charge in [0.1, 0.15) is 6.10 Å². The van der Waals surface area contributed by atoms with E-state index in [1.165, 1.54) is 12.8 Å². The van der Waals surface area contributed by atoms with Gasteiger partial charge in [0.15, 0.2) is 0 Å². The molecule has 5 atom stereocenters. The molecule has 0 aliphatic carbocycles. The fraction of sp³-hybridized carbons (Fsp3) is 0.750. The average molecular weight is 370 g/mol. The van der Waals surface area contributed by atoms with Crippen LogP contribution in [0.15, 0.2) is 24.3 Å². The number of carboxylic acid groups (broad SMARTS) is 1. The third-order valence-corrected chi connectivity index (χ3v) is 4.55. The first-order chi connectivity index (χ1) is 12.4. The van der Waals surface area contributed by atoms with Crippen molar-refractivity contribution in [2.75, 3.05) is 0 Å². The molecule has 1 aliphatic rings. The summed E-state index contributed by atoms with van der Waals surface area (Å²) in [5.74, 6) is -0.890. The van der Waals surface area contributed by atoms with Crippen molar-refractivity contribution in [3.05, 3.63) is 24.3 Å². The van der Waals surface area contributed by atoms with Gasteiger partial charge in [0.05, 0.1) is 24.4 Å². The van der Waals surface area contributed by atoms with Gasteiger partial charge in [-0.2, -0.15) is 0 Å². The zero-order chi connectivity index (χ0) is 19.4. The quantitative estimate of drug-likeness (QED) is 0.293. The lowest BCUT2D eigenvalue weighted by Crippen LogP contribution is -2.26. The van der Waals surface area contributed by atoms with E-state index in [0.717, 1.165) is 12.8 Å². The largest absolute Gasteiger partial charge is 0.481 e. The monoisotopic (exact) mass is 370 g/mol. The minimum atomic E-state index is -0.890. The van der Waals surface area contributed by atoms with Crippen molar-refractivity contribution in [2.45, 2.75) is 95.2 Å². The molecule has 26 heavy (non-hydrogen) atoms. The summed E-state index contributed by atoms with van der Waals surface area (Å²) >= 11 is 0. The summed E-state index contributed by atoms with van der Waals surface area (Å²) in [5.41, 5.74) is 0. The van der Waals surface area contributed by atoms with E-state index in [1.807, 2.05) is 6.08 Å². The van der Waals surface area contributed by atoms with Crippen LogP contribution < -0.4 is 0 Å². The van der Waals surface area contributed by atoms with Crippen molar-refractivity contribution >= 4 is 5.97 Å². The van der Waals surface area contributed by atoms with Crippen molar-refractivity contribution in [3.8, 4) is 0 Å². The molecule has 0 amide bonds. The second kappa shape index (κ2) is 13.0. The first kappa shape index (κ1) is 22.8. The lowest BCUT2D eigenvalue weighted by Gasteiger charge is -2.17. The SMILES string of the molecule is CCCCC/C=C\C[C@H](O)/C=C/[C@H]1O[C@@H]([C@H](O)CCCC(=O)O)C[C@@H]1O. The number of aliphatic carboxylic acids is 1. The number of allylic oxidation sites excluding steroid dienone is 1. The molecule has 1 saturated heterocycles. The summed E-state index contributed by atoms with van der Waals surface area (Å²) < 4.78 is 5.65. The van der Waals surface area contributed by atoms with Gasteiger partial charge in [-0.05, 0) is 32.1 Å². The molecule has 150 valence electrons. The van der Waals surface area contributed by atoms with Gasteiger partial charge < -0.3 is 25.2 Å². The van der Waals surface area contributed by atoms with E-state index in [-0.39, 0.29) is 6.42 Å². The van der Waals surface area contributed by atoms with Crippen molar-refractivity contribution in [1.82, 2.24) is 0 Å². The second-order valence-corrected chi connectivity index (χ2v) is 6.95. The van der Waals surface area contributed by atoms with Crippen LogP contribution in [0, 0.1) is 0 Å². The van der Waals surface area contributed by atoms with Crippen molar-refractivity contribution in [3.63, 3.8) is 0 Å². The number of rotatable bonds is 13. The van der Waals surface area contributed by atoms with Gasteiger partial charge in [0.2, 0.25) is 0 Å². The van der Waals surface area contributed by atoms with Crippen LogP contribution >= 0.6 is 0 Å². The normalized spacial score (nSPS) is 25.9. The molecule has 0 aromatic heterocycles. The number of aliphatic hydroxyl groups excluding tert-OH is 3.